The normalized spacial score (nSPS) is 21.3. The van der Waals surface area contributed by atoms with E-state index in [-0.39, 0.29) is 11.8 Å². The van der Waals surface area contributed by atoms with Gasteiger partial charge in [-0.15, -0.1) is 0 Å². The minimum absolute atomic E-state index is 0.00489. The predicted molar refractivity (Wildman–Crippen MR) is 120 cm³/mol. The van der Waals surface area contributed by atoms with Crippen LogP contribution in [0.2, 0.25) is 5.02 Å². The molecule has 2 atom stereocenters. The standard InChI is InChI=1S/C24H28ClN3O2/c1-17-5-2-3-7-21(17)24(30)28-15-18-6-4-13-27(22(18)16-28)14-12-23(29)26-20-10-8-19(25)9-11-20/h2-3,5,7-11,18,22H,4,6,12-16H2,1H3,(H,26,29). The van der Waals surface area contributed by atoms with Gasteiger partial charge in [0.05, 0.1) is 0 Å². The van der Waals surface area contributed by atoms with Gasteiger partial charge in [-0.2, -0.15) is 0 Å². The van der Waals surface area contributed by atoms with Crippen molar-refractivity contribution in [2.24, 2.45) is 5.92 Å². The van der Waals surface area contributed by atoms with Gasteiger partial charge >= 0.3 is 0 Å². The van der Waals surface area contributed by atoms with E-state index >= 15 is 0 Å². The third-order valence-corrected chi connectivity index (χ3v) is 6.56. The van der Waals surface area contributed by atoms with Crippen molar-refractivity contribution in [3.8, 4) is 0 Å². The molecule has 30 heavy (non-hydrogen) atoms. The van der Waals surface area contributed by atoms with Crippen molar-refractivity contribution in [1.29, 1.82) is 0 Å². The minimum Gasteiger partial charge on any atom is -0.337 e. The van der Waals surface area contributed by atoms with Crippen molar-refractivity contribution in [1.82, 2.24) is 9.80 Å². The zero-order chi connectivity index (χ0) is 21.1. The highest BCUT2D eigenvalue weighted by molar-refractivity contribution is 6.30. The van der Waals surface area contributed by atoms with Crippen molar-refractivity contribution in [3.63, 3.8) is 0 Å². The molecular formula is C24H28ClN3O2. The fraction of sp³-hybridized carbons (Fsp3) is 0.417. The molecule has 0 bridgehead atoms. The molecule has 0 aliphatic carbocycles. The van der Waals surface area contributed by atoms with Gasteiger partial charge in [-0.3, -0.25) is 14.5 Å². The lowest BCUT2D eigenvalue weighted by Gasteiger charge is -2.36. The van der Waals surface area contributed by atoms with Gasteiger partial charge in [0.25, 0.3) is 5.91 Å². The molecule has 0 spiro atoms. The molecule has 0 radical (unpaired) electrons. The van der Waals surface area contributed by atoms with E-state index in [0.29, 0.717) is 29.9 Å². The first-order valence-electron chi connectivity index (χ1n) is 10.7. The van der Waals surface area contributed by atoms with E-state index in [1.807, 2.05) is 48.2 Å². The van der Waals surface area contributed by atoms with Crippen LogP contribution < -0.4 is 5.32 Å². The monoisotopic (exact) mass is 425 g/mol. The molecule has 0 saturated carbocycles. The van der Waals surface area contributed by atoms with Crippen LogP contribution in [0.1, 0.15) is 35.2 Å². The number of anilines is 1. The molecule has 2 heterocycles. The zero-order valence-electron chi connectivity index (χ0n) is 17.3. The van der Waals surface area contributed by atoms with E-state index in [1.165, 1.54) is 0 Å². The van der Waals surface area contributed by atoms with Crippen molar-refractivity contribution in [3.05, 3.63) is 64.7 Å². The number of fused-ring (bicyclic) bond motifs is 1. The number of rotatable bonds is 5. The van der Waals surface area contributed by atoms with Gasteiger partial charge in [0, 0.05) is 48.4 Å². The van der Waals surface area contributed by atoms with Gasteiger partial charge in [0.2, 0.25) is 5.91 Å². The lowest BCUT2D eigenvalue weighted by atomic mass is 9.92. The molecule has 4 rings (SSSR count). The number of piperidine rings is 1. The Balaban J connectivity index is 1.34. The third kappa shape index (κ3) is 4.68. The summed E-state index contributed by atoms with van der Waals surface area (Å²) < 4.78 is 0. The highest BCUT2D eigenvalue weighted by atomic mass is 35.5. The zero-order valence-corrected chi connectivity index (χ0v) is 18.1. The number of benzene rings is 2. The number of nitrogens with zero attached hydrogens (tertiary/aromatic N) is 2. The quantitative estimate of drug-likeness (QED) is 0.780. The molecule has 2 unspecified atom stereocenters. The Morgan fingerprint density at radius 2 is 1.87 bits per heavy atom. The Hall–Kier alpha value is -2.37. The fourth-order valence-electron chi connectivity index (χ4n) is 4.70. The summed E-state index contributed by atoms with van der Waals surface area (Å²) in [5, 5.41) is 3.59. The number of hydrogen-bond acceptors (Lipinski definition) is 3. The van der Waals surface area contributed by atoms with Gasteiger partial charge in [0.15, 0.2) is 0 Å². The molecule has 2 aliphatic rings. The van der Waals surface area contributed by atoms with E-state index in [1.54, 1.807) is 12.1 Å². The summed E-state index contributed by atoms with van der Waals surface area (Å²) in [7, 11) is 0. The molecule has 2 fully saturated rings. The molecule has 5 nitrogen and oxygen atoms in total. The fourth-order valence-corrected chi connectivity index (χ4v) is 4.83. The van der Waals surface area contributed by atoms with Crippen LogP contribution >= 0.6 is 11.6 Å². The van der Waals surface area contributed by atoms with Crippen LogP contribution in [-0.2, 0) is 4.79 Å². The molecule has 0 aromatic heterocycles. The number of halogens is 1. The van der Waals surface area contributed by atoms with Gasteiger partial charge in [0.1, 0.15) is 0 Å². The Bertz CT molecular complexity index is 915. The highest BCUT2D eigenvalue weighted by Crippen LogP contribution is 2.31. The van der Waals surface area contributed by atoms with Crippen LogP contribution in [0.4, 0.5) is 5.69 Å². The van der Waals surface area contributed by atoms with Crippen LogP contribution in [0, 0.1) is 12.8 Å². The van der Waals surface area contributed by atoms with E-state index in [4.69, 9.17) is 11.6 Å². The Kier molecular flexibility index (Phi) is 6.40. The molecule has 2 aromatic carbocycles. The molecule has 2 aromatic rings. The third-order valence-electron chi connectivity index (χ3n) is 6.31. The second-order valence-corrected chi connectivity index (χ2v) is 8.77. The summed E-state index contributed by atoms with van der Waals surface area (Å²) >= 11 is 5.90. The Morgan fingerprint density at radius 3 is 2.63 bits per heavy atom. The predicted octanol–water partition coefficient (Wildman–Crippen LogP) is 4.21. The second-order valence-electron chi connectivity index (χ2n) is 8.34. The summed E-state index contributed by atoms with van der Waals surface area (Å²) in [6.45, 7) is 5.25. The van der Waals surface area contributed by atoms with E-state index in [2.05, 4.69) is 10.2 Å². The molecule has 158 valence electrons. The summed E-state index contributed by atoms with van der Waals surface area (Å²) in [5.74, 6) is 0.624. The first kappa shape index (κ1) is 20.9. The molecular weight excluding hydrogens is 398 g/mol. The van der Waals surface area contributed by atoms with E-state index < -0.39 is 0 Å². The molecule has 2 saturated heterocycles. The first-order chi connectivity index (χ1) is 14.5. The maximum absolute atomic E-state index is 13.0. The number of likely N-dealkylation sites (tertiary alicyclic amines) is 2. The molecule has 6 heteroatoms. The van der Waals surface area contributed by atoms with Crippen molar-refractivity contribution in [2.75, 3.05) is 31.5 Å². The van der Waals surface area contributed by atoms with Crippen LogP contribution in [0.5, 0.6) is 0 Å². The lowest BCUT2D eigenvalue weighted by molar-refractivity contribution is -0.116. The number of carbonyl (C=O) groups excluding carboxylic acids is 2. The van der Waals surface area contributed by atoms with E-state index in [0.717, 1.165) is 49.3 Å². The number of carbonyl (C=O) groups is 2. The van der Waals surface area contributed by atoms with Crippen LogP contribution in [0.25, 0.3) is 0 Å². The first-order valence-corrected chi connectivity index (χ1v) is 11.0. The van der Waals surface area contributed by atoms with Crippen molar-refractivity contribution in [2.45, 2.75) is 32.2 Å². The minimum atomic E-state index is 0.00489. The largest absolute Gasteiger partial charge is 0.337 e. The van der Waals surface area contributed by atoms with Gasteiger partial charge in [-0.25, -0.2) is 0 Å². The van der Waals surface area contributed by atoms with Crippen LogP contribution in [0.3, 0.4) is 0 Å². The van der Waals surface area contributed by atoms with Crippen LogP contribution in [0.15, 0.2) is 48.5 Å². The topological polar surface area (TPSA) is 52.7 Å². The Morgan fingerprint density at radius 1 is 1.10 bits per heavy atom. The SMILES string of the molecule is Cc1ccccc1C(=O)N1CC2CCCN(CCC(=O)Nc3ccc(Cl)cc3)C2C1. The number of amides is 2. The smallest absolute Gasteiger partial charge is 0.254 e. The van der Waals surface area contributed by atoms with Gasteiger partial charge in [-0.05, 0) is 68.1 Å². The number of nitrogens with one attached hydrogen (secondary N) is 1. The number of hydrogen-bond donors (Lipinski definition) is 1. The van der Waals surface area contributed by atoms with Crippen LogP contribution in [-0.4, -0.2) is 53.8 Å². The van der Waals surface area contributed by atoms with Gasteiger partial charge in [-0.1, -0.05) is 29.8 Å². The van der Waals surface area contributed by atoms with Crippen molar-refractivity contribution < 1.29 is 9.59 Å². The lowest BCUT2D eigenvalue weighted by Crippen LogP contribution is -2.46. The Labute approximate surface area is 183 Å². The molecule has 2 aliphatic heterocycles. The average molecular weight is 426 g/mol. The van der Waals surface area contributed by atoms with E-state index in [9.17, 15) is 9.59 Å². The summed E-state index contributed by atoms with van der Waals surface area (Å²) in [4.78, 5) is 29.8. The number of aryl methyl sites for hydroxylation is 1. The van der Waals surface area contributed by atoms with Gasteiger partial charge < -0.3 is 10.2 Å². The summed E-state index contributed by atoms with van der Waals surface area (Å²) in [6.07, 6.45) is 2.71. The summed E-state index contributed by atoms with van der Waals surface area (Å²) in [5.41, 5.74) is 2.58. The average Bonchev–Trinajstić information content (AvgIpc) is 3.19. The molecule has 2 amide bonds. The highest BCUT2D eigenvalue weighted by Gasteiger charge is 2.40. The maximum atomic E-state index is 13.0. The second kappa shape index (κ2) is 9.19. The van der Waals surface area contributed by atoms with Crippen molar-refractivity contribution >= 4 is 29.1 Å². The molecule has 1 N–H and O–H groups in total. The summed E-state index contributed by atoms with van der Waals surface area (Å²) in [6, 6.07) is 15.3. The maximum Gasteiger partial charge on any atom is 0.254 e.